The fraction of sp³-hybridized carbons (Fsp3) is 0.533. The number of hydrogen-bond donors (Lipinski definition) is 1. The van der Waals surface area contributed by atoms with Gasteiger partial charge in [-0.15, -0.1) is 0 Å². The molecule has 0 unspecified atom stereocenters. The summed E-state index contributed by atoms with van der Waals surface area (Å²) in [7, 11) is 0. The van der Waals surface area contributed by atoms with Gasteiger partial charge in [0.1, 0.15) is 0 Å². The van der Waals surface area contributed by atoms with Gasteiger partial charge in [-0.25, -0.2) is 0 Å². The van der Waals surface area contributed by atoms with Crippen molar-refractivity contribution >= 4 is 5.78 Å². The van der Waals surface area contributed by atoms with Crippen LogP contribution in [0.3, 0.4) is 0 Å². The van der Waals surface area contributed by atoms with Gasteiger partial charge in [0, 0.05) is 12.0 Å². The number of carbonyl (C=O) groups is 1. The lowest BCUT2D eigenvalue weighted by atomic mass is 10.0. The maximum absolute atomic E-state index is 11.5. The van der Waals surface area contributed by atoms with Crippen LogP contribution < -0.4 is 5.73 Å². The van der Waals surface area contributed by atoms with Crippen molar-refractivity contribution < 1.29 is 4.79 Å². The minimum atomic E-state index is 0.134. The molecule has 0 radical (unpaired) electrons. The van der Waals surface area contributed by atoms with Crippen LogP contribution in [0.1, 0.15) is 55.6 Å². The first-order valence-corrected chi connectivity index (χ1v) is 6.45. The second-order valence-electron chi connectivity index (χ2n) is 3.34. The van der Waals surface area contributed by atoms with Crippen molar-refractivity contribution in [2.45, 2.75) is 48.0 Å². The van der Waals surface area contributed by atoms with Crippen LogP contribution in [0.2, 0.25) is 0 Å². The Hall–Kier alpha value is -1.15. The van der Waals surface area contributed by atoms with Gasteiger partial charge in [0.25, 0.3) is 0 Å². The molecule has 0 saturated carbocycles. The first-order valence-electron chi connectivity index (χ1n) is 6.45. The van der Waals surface area contributed by atoms with E-state index in [9.17, 15) is 4.79 Å². The highest BCUT2D eigenvalue weighted by Crippen LogP contribution is 2.10. The van der Waals surface area contributed by atoms with Gasteiger partial charge in [-0.2, -0.15) is 0 Å². The number of Topliss-reactive ketones (excluding diaryl/α,β-unsaturated/α-hetero) is 1. The van der Waals surface area contributed by atoms with E-state index in [2.05, 4.69) is 6.07 Å². The number of rotatable bonds is 3. The SMILES string of the molecule is CC.CC.Cc1cc(C)cc(C(=O)CCN)c1. The number of ketones is 1. The molecule has 98 valence electrons. The van der Waals surface area contributed by atoms with E-state index in [4.69, 9.17) is 5.73 Å². The molecule has 2 heteroatoms. The van der Waals surface area contributed by atoms with Gasteiger partial charge in [-0.1, -0.05) is 44.9 Å². The molecule has 17 heavy (non-hydrogen) atoms. The zero-order chi connectivity index (χ0) is 13.8. The molecule has 1 aromatic carbocycles. The predicted molar refractivity (Wildman–Crippen MR) is 76.6 cm³/mol. The van der Waals surface area contributed by atoms with E-state index >= 15 is 0 Å². The van der Waals surface area contributed by atoms with Crippen molar-refractivity contribution in [3.05, 3.63) is 34.9 Å². The zero-order valence-corrected chi connectivity index (χ0v) is 12.1. The Morgan fingerprint density at radius 1 is 1.00 bits per heavy atom. The van der Waals surface area contributed by atoms with Gasteiger partial charge < -0.3 is 5.73 Å². The third-order valence-electron chi connectivity index (χ3n) is 1.92. The van der Waals surface area contributed by atoms with Crippen LogP contribution in [-0.4, -0.2) is 12.3 Å². The first kappa shape index (κ1) is 18.2. The van der Waals surface area contributed by atoms with Crippen molar-refractivity contribution in [3.63, 3.8) is 0 Å². The molecular formula is C15H27NO. The smallest absolute Gasteiger partial charge is 0.164 e. The molecule has 0 fully saturated rings. The van der Waals surface area contributed by atoms with Crippen molar-refractivity contribution in [3.8, 4) is 0 Å². The summed E-state index contributed by atoms with van der Waals surface area (Å²) in [6.07, 6.45) is 0.433. The highest BCUT2D eigenvalue weighted by molar-refractivity contribution is 5.96. The van der Waals surface area contributed by atoms with E-state index in [1.807, 2.05) is 53.7 Å². The standard InChI is InChI=1S/C11H15NO.2C2H6/c1-8-5-9(2)7-10(6-8)11(13)3-4-12;2*1-2/h5-7H,3-4,12H2,1-2H3;2*1-2H3. The summed E-state index contributed by atoms with van der Waals surface area (Å²) in [5.74, 6) is 0.134. The monoisotopic (exact) mass is 237 g/mol. The van der Waals surface area contributed by atoms with Gasteiger partial charge in [-0.3, -0.25) is 4.79 Å². The Kier molecular flexibility index (Phi) is 12.2. The molecule has 1 rings (SSSR count). The first-order chi connectivity index (χ1) is 8.13. The molecule has 0 spiro atoms. The normalized spacial score (nSPS) is 8.41. The van der Waals surface area contributed by atoms with Crippen LogP contribution in [0.25, 0.3) is 0 Å². The average Bonchev–Trinajstić information content (AvgIpc) is 2.33. The fourth-order valence-electron chi connectivity index (χ4n) is 1.41. The largest absolute Gasteiger partial charge is 0.330 e. The Morgan fingerprint density at radius 2 is 1.41 bits per heavy atom. The number of aryl methyl sites for hydroxylation is 2. The zero-order valence-electron chi connectivity index (χ0n) is 12.1. The summed E-state index contributed by atoms with van der Waals surface area (Å²) in [4.78, 5) is 11.5. The molecule has 1 aromatic rings. The maximum Gasteiger partial charge on any atom is 0.164 e. The van der Waals surface area contributed by atoms with E-state index in [1.54, 1.807) is 0 Å². The summed E-state index contributed by atoms with van der Waals surface area (Å²) < 4.78 is 0. The van der Waals surface area contributed by atoms with Crippen LogP contribution in [0.15, 0.2) is 18.2 Å². The van der Waals surface area contributed by atoms with Gasteiger partial charge in [-0.05, 0) is 32.5 Å². The topological polar surface area (TPSA) is 43.1 Å². The molecule has 0 heterocycles. The Labute approximate surface area is 106 Å². The van der Waals surface area contributed by atoms with Gasteiger partial charge in [0.05, 0.1) is 0 Å². The van der Waals surface area contributed by atoms with E-state index in [0.717, 1.165) is 16.7 Å². The van der Waals surface area contributed by atoms with Crippen LogP contribution in [-0.2, 0) is 0 Å². The Morgan fingerprint density at radius 3 is 1.76 bits per heavy atom. The highest BCUT2D eigenvalue weighted by atomic mass is 16.1. The van der Waals surface area contributed by atoms with E-state index < -0.39 is 0 Å². The van der Waals surface area contributed by atoms with Gasteiger partial charge >= 0.3 is 0 Å². The Balaban J connectivity index is 0. The maximum atomic E-state index is 11.5. The van der Waals surface area contributed by atoms with E-state index in [1.165, 1.54) is 0 Å². The van der Waals surface area contributed by atoms with Crippen molar-refractivity contribution in [1.82, 2.24) is 0 Å². The van der Waals surface area contributed by atoms with Gasteiger partial charge in [0.15, 0.2) is 5.78 Å². The van der Waals surface area contributed by atoms with Gasteiger partial charge in [0.2, 0.25) is 0 Å². The molecule has 0 aliphatic heterocycles. The lowest BCUT2D eigenvalue weighted by molar-refractivity contribution is 0.0985. The number of hydrogen-bond acceptors (Lipinski definition) is 2. The minimum Gasteiger partial charge on any atom is -0.330 e. The molecule has 2 nitrogen and oxygen atoms in total. The second kappa shape index (κ2) is 11.3. The molecule has 0 amide bonds. The summed E-state index contributed by atoms with van der Waals surface area (Å²) in [6.45, 7) is 12.4. The summed E-state index contributed by atoms with van der Waals surface area (Å²) in [5.41, 5.74) is 8.35. The van der Waals surface area contributed by atoms with Crippen molar-refractivity contribution in [2.75, 3.05) is 6.54 Å². The molecule has 0 atom stereocenters. The van der Waals surface area contributed by atoms with Crippen LogP contribution in [0, 0.1) is 13.8 Å². The average molecular weight is 237 g/mol. The lowest BCUT2D eigenvalue weighted by Crippen LogP contribution is -2.08. The van der Waals surface area contributed by atoms with Crippen molar-refractivity contribution in [2.24, 2.45) is 5.73 Å². The van der Waals surface area contributed by atoms with Crippen molar-refractivity contribution in [1.29, 1.82) is 0 Å². The molecule has 0 saturated heterocycles. The predicted octanol–water partition coefficient (Wildman–Crippen LogP) is 3.89. The van der Waals surface area contributed by atoms with E-state index in [-0.39, 0.29) is 5.78 Å². The molecule has 0 aliphatic rings. The highest BCUT2D eigenvalue weighted by Gasteiger charge is 2.04. The van der Waals surface area contributed by atoms with Crippen LogP contribution >= 0.6 is 0 Å². The number of benzene rings is 1. The third kappa shape index (κ3) is 7.70. The second-order valence-corrected chi connectivity index (χ2v) is 3.34. The quantitative estimate of drug-likeness (QED) is 0.810. The fourth-order valence-corrected chi connectivity index (χ4v) is 1.41. The molecule has 0 bridgehead atoms. The van der Waals surface area contributed by atoms with Crippen LogP contribution in [0.5, 0.6) is 0 Å². The number of carbonyl (C=O) groups excluding carboxylic acids is 1. The molecule has 2 N–H and O–H groups in total. The number of nitrogens with two attached hydrogens (primary N) is 1. The van der Waals surface area contributed by atoms with E-state index in [0.29, 0.717) is 13.0 Å². The Bertz CT molecular complexity index is 298. The molecule has 0 aromatic heterocycles. The molecular weight excluding hydrogens is 210 g/mol. The summed E-state index contributed by atoms with van der Waals surface area (Å²) in [6, 6.07) is 5.87. The van der Waals surface area contributed by atoms with Crippen LogP contribution in [0.4, 0.5) is 0 Å². The molecule has 0 aliphatic carbocycles. The lowest BCUT2D eigenvalue weighted by Gasteiger charge is -2.02. The minimum absolute atomic E-state index is 0.134. The summed E-state index contributed by atoms with van der Waals surface area (Å²) in [5, 5.41) is 0. The third-order valence-corrected chi connectivity index (χ3v) is 1.92. The summed E-state index contributed by atoms with van der Waals surface area (Å²) >= 11 is 0.